The van der Waals surface area contributed by atoms with Gasteiger partial charge in [-0.25, -0.2) is 9.97 Å². The number of hydrogen-bond donors (Lipinski definition) is 0. The largest absolute Gasteiger partial charge is 0.472 e. The molecular formula is C17H16N6O2. The summed E-state index contributed by atoms with van der Waals surface area (Å²) >= 11 is 0. The molecule has 4 rings (SSSR count). The van der Waals surface area contributed by atoms with Gasteiger partial charge in [0, 0.05) is 25.2 Å². The molecule has 1 fully saturated rings. The van der Waals surface area contributed by atoms with Crippen molar-refractivity contribution in [1.29, 1.82) is 0 Å². The van der Waals surface area contributed by atoms with Gasteiger partial charge in [-0.3, -0.25) is 4.79 Å². The third-order valence-electron chi connectivity index (χ3n) is 3.97. The summed E-state index contributed by atoms with van der Waals surface area (Å²) in [7, 11) is 0. The molecule has 0 N–H and O–H groups in total. The van der Waals surface area contributed by atoms with Crippen LogP contribution >= 0.6 is 0 Å². The second-order valence-corrected chi connectivity index (χ2v) is 5.68. The average Bonchev–Trinajstić information content (AvgIpc) is 3.33. The molecule has 3 aromatic rings. The fraction of sp³-hybridized carbons (Fsp3) is 0.235. The number of carbonyl (C=O) groups excluding carboxylic acids is 1. The van der Waals surface area contributed by atoms with Crippen LogP contribution in [0.4, 0.5) is 0 Å². The minimum absolute atomic E-state index is 0.0805. The summed E-state index contributed by atoms with van der Waals surface area (Å²) in [5, 5.41) is 8.46. The van der Waals surface area contributed by atoms with Crippen LogP contribution in [-0.4, -0.2) is 55.0 Å². The molecule has 8 heteroatoms. The first-order chi connectivity index (χ1) is 12.3. The number of para-hydroxylation sites is 1. The second-order valence-electron chi connectivity index (χ2n) is 5.68. The zero-order valence-corrected chi connectivity index (χ0v) is 13.4. The van der Waals surface area contributed by atoms with Crippen molar-refractivity contribution in [2.45, 2.75) is 12.5 Å². The number of benzene rings is 1. The van der Waals surface area contributed by atoms with Crippen molar-refractivity contribution in [3.8, 4) is 11.6 Å². The minimum atomic E-state index is -0.143. The van der Waals surface area contributed by atoms with Crippen LogP contribution in [0.3, 0.4) is 0 Å². The van der Waals surface area contributed by atoms with Crippen molar-refractivity contribution in [2.24, 2.45) is 0 Å². The van der Waals surface area contributed by atoms with Crippen LogP contribution in [-0.2, 0) is 0 Å². The van der Waals surface area contributed by atoms with Gasteiger partial charge in [0.05, 0.1) is 18.4 Å². The summed E-state index contributed by atoms with van der Waals surface area (Å²) in [5.74, 6) is 0.375. The normalized spacial score (nSPS) is 16.8. The molecule has 1 aliphatic rings. The Balaban J connectivity index is 1.41. The zero-order chi connectivity index (χ0) is 17.1. The lowest BCUT2D eigenvalue weighted by Gasteiger charge is -2.15. The molecule has 1 amide bonds. The Bertz CT molecular complexity index is 852. The van der Waals surface area contributed by atoms with E-state index in [9.17, 15) is 4.79 Å². The maximum Gasteiger partial charge on any atom is 0.276 e. The van der Waals surface area contributed by atoms with E-state index in [4.69, 9.17) is 4.74 Å². The first-order valence-corrected chi connectivity index (χ1v) is 7.99. The highest BCUT2D eigenvalue weighted by molar-refractivity contribution is 5.92. The SMILES string of the molecule is O=C(c1cnn(-c2ccccc2)n1)N1CCC(Oc2ccncn2)C1. The van der Waals surface area contributed by atoms with Crippen LogP contribution in [0.1, 0.15) is 16.9 Å². The highest BCUT2D eigenvalue weighted by Gasteiger charge is 2.30. The molecule has 8 nitrogen and oxygen atoms in total. The quantitative estimate of drug-likeness (QED) is 0.715. The van der Waals surface area contributed by atoms with E-state index >= 15 is 0 Å². The molecule has 1 atom stereocenters. The molecule has 0 radical (unpaired) electrons. The maximum absolute atomic E-state index is 12.6. The first kappa shape index (κ1) is 15.3. The van der Waals surface area contributed by atoms with E-state index in [1.807, 2.05) is 30.3 Å². The van der Waals surface area contributed by atoms with Crippen LogP contribution in [0, 0.1) is 0 Å². The standard InChI is InChI=1S/C17H16N6O2/c24-17(15-10-20-23(21-15)13-4-2-1-3-5-13)22-9-7-14(11-22)25-16-6-8-18-12-19-16/h1-6,8,10,12,14H,7,9,11H2. The number of nitrogens with zero attached hydrogens (tertiary/aromatic N) is 6. The number of amides is 1. The number of likely N-dealkylation sites (tertiary alicyclic amines) is 1. The van der Waals surface area contributed by atoms with Crippen molar-refractivity contribution in [1.82, 2.24) is 29.9 Å². The molecule has 126 valence electrons. The van der Waals surface area contributed by atoms with Gasteiger partial charge in [-0.1, -0.05) is 18.2 Å². The average molecular weight is 336 g/mol. The number of aromatic nitrogens is 5. The first-order valence-electron chi connectivity index (χ1n) is 7.99. The van der Waals surface area contributed by atoms with E-state index in [2.05, 4.69) is 20.2 Å². The number of rotatable bonds is 4. The molecule has 3 heterocycles. The van der Waals surface area contributed by atoms with Crippen LogP contribution < -0.4 is 4.74 Å². The smallest absolute Gasteiger partial charge is 0.276 e. The van der Waals surface area contributed by atoms with Crippen LogP contribution in [0.25, 0.3) is 5.69 Å². The van der Waals surface area contributed by atoms with E-state index < -0.39 is 0 Å². The summed E-state index contributed by atoms with van der Waals surface area (Å²) in [6.07, 6.45) is 5.23. The second kappa shape index (κ2) is 6.68. The van der Waals surface area contributed by atoms with Crippen molar-refractivity contribution >= 4 is 5.91 Å². The van der Waals surface area contributed by atoms with Crippen molar-refractivity contribution < 1.29 is 9.53 Å². The van der Waals surface area contributed by atoms with Gasteiger partial charge in [-0.15, -0.1) is 5.10 Å². The predicted octanol–water partition coefficient (Wildman–Crippen LogP) is 1.35. The molecular weight excluding hydrogens is 320 g/mol. The van der Waals surface area contributed by atoms with Gasteiger partial charge in [0.15, 0.2) is 5.69 Å². The molecule has 0 aliphatic carbocycles. The van der Waals surface area contributed by atoms with Crippen LogP contribution in [0.5, 0.6) is 5.88 Å². The lowest BCUT2D eigenvalue weighted by Crippen LogP contribution is -2.31. The zero-order valence-electron chi connectivity index (χ0n) is 13.4. The highest BCUT2D eigenvalue weighted by atomic mass is 16.5. The predicted molar refractivity (Wildman–Crippen MR) is 88.3 cm³/mol. The molecule has 25 heavy (non-hydrogen) atoms. The Labute approximate surface area is 144 Å². The van der Waals surface area contributed by atoms with E-state index in [0.29, 0.717) is 24.7 Å². The Kier molecular flexibility index (Phi) is 4.07. The third-order valence-corrected chi connectivity index (χ3v) is 3.97. The van der Waals surface area contributed by atoms with Crippen molar-refractivity contribution in [3.63, 3.8) is 0 Å². The summed E-state index contributed by atoms with van der Waals surface area (Å²) < 4.78 is 5.78. The van der Waals surface area contributed by atoms with Crippen molar-refractivity contribution in [2.75, 3.05) is 13.1 Å². The summed E-state index contributed by atoms with van der Waals surface area (Å²) in [5.41, 5.74) is 1.14. The van der Waals surface area contributed by atoms with Gasteiger partial charge >= 0.3 is 0 Å². The molecule has 1 aliphatic heterocycles. The lowest BCUT2D eigenvalue weighted by atomic mass is 10.3. The van der Waals surface area contributed by atoms with Gasteiger partial charge < -0.3 is 9.64 Å². The molecule has 1 saturated heterocycles. The number of ether oxygens (including phenoxy) is 1. The van der Waals surface area contributed by atoms with E-state index in [-0.39, 0.29) is 12.0 Å². The van der Waals surface area contributed by atoms with Crippen LogP contribution in [0.15, 0.2) is 55.1 Å². The Hall–Kier alpha value is -3.29. The molecule has 0 spiro atoms. The lowest BCUT2D eigenvalue weighted by molar-refractivity contribution is 0.0765. The minimum Gasteiger partial charge on any atom is -0.472 e. The Morgan fingerprint density at radius 3 is 2.88 bits per heavy atom. The molecule has 1 unspecified atom stereocenters. The Morgan fingerprint density at radius 2 is 2.08 bits per heavy atom. The number of hydrogen-bond acceptors (Lipinski definition) is 6. The van der Waals surface area contributed by atoms with Gasteiger partial charge in [0.25, 0.3) is 5.91 Å². The monoisotopic (exact) mass is 336 g/mol. The molecule has 2 aromatic heterocycles. The van der Waals surface area contributed by atoms with Gasteiger partial charge in [0.2, 0.25) is 5.88 Å². The third kappa shape index (κ3) is 3.32. The van der Waals surface area contributed by atoms with E-state index in [1.165, 1.54) is 17.3 Å². The van der Waals surface area contributed by atoms with E-state index in [0.717, 1.165) is 12.1 Å². The number of carbonyl (C=O) groups is 1. The summed E-state index contributed by atoms with van der Waals surface area (Å²) in [4.78, 5) is 23.7. The van der Waals surface area contributed by atoms with Gasteiger partial charge in [-0.05, 0) is 12.1 Å². The molecule has 1 aromatic carbocycles. The topological polar surface area (TPSA) is 86.0 Å². The van der Waals surface area contributed by atoms with Gasteiger partial charge in [0.1, 0.15) is 12.4 Å². The summed E-state index contributed by atoms with van der Waals surface area (Å²) in [6, 6.07) is 11.2. The fourth-order valence-corrected chi connectivity index (χ4v) is 2.74. The highest BCUT2D eigenvalue weighted by Crippen LogP contribution is 2.17. The fourth-order valence-electron chi connectivity index (χ4n) is 2.74. The van der Waals surface area contributed by atoms with Gasteiger partial charge in [-0.2, -0.15) is 9.90 Å². The van der Waals surface area contributed by atoms with E-state index in [1.54, 1.807) is 17.2 Å². The Morgan fingerprint density at radius 1 is 1.20 bits per heavy atom. The van der Waals surface area contributed by atoms with Crippen LogP contribution in [0.2, 0.25) is 0 Å². The molecule has 0 saturated carbocycles. The summed E-state index contributed by atoms with van der Waals surface area (Å²) in [6.45, 7) is 1.12. The maximum atomic E-state index is 12.6. The molecule has 0 bridgehead atoms. The van der Waals surface area contributed by atoms with Crippen molar-refractivity contribution in [3.05, 3.63) is 60.8 Å².